The molecule has 0 atom stereocenters. The Labute approximate surface area is 166 Å². The number of benzene rings is 2. The third-order valence-corrected chi connectivity index (χ3v) is 5.04. The van der Waals surface area contributed by atoms with Crippen molar-refractivity contribution in [2.75, 3.05) is 6.61 Å². The van der Waals surface area contributed by atoms with Crippen LogP contribution in [0.3, 0.4) is 0 Å². The van der Waals surface area contributed by atoms with E-state index in [2.05, 4.69) is 10.3 Å². The van der Waals surface area contributed by atoms with Crippen LogP contribution in [0.25, 0.3) is 6.08 Å². The highest BCUT2D eigenvalue weighted by Crippen LogP contribution is 2.32. The van der Waals surface area contributed by atoms with Gasteiger partial charge >= 0.3 is 0 Å². The summed E-state index contributed by atoms with van der Waals surface area (Å²) in [5.41, 5.74) is 2.52. The molecule has 3 rings (SSSR count). The Kier molecular flexibility index (Phi) is 5.91. The van der Waals surface area contributed by atoms with Gasteiger partial charge in [0.05, 0.1) is 22.2 Å². The monoisotopic (exact) mass is 406 g/mol. The molecule has 0 bridgehead atoms. The fraction of sp³-hybridized carbons (Fsp3) is 0.158. The largest absolute Gasteiger partial charge is 0.492 e. The molecular formula is C19H16Cl2N2O2S. The first kappa shape index (κ1) is 18.8. The smallest absolute Gasteiger partial charge is 0.264 e. The summed E-state index contributed by atoms with van der Waals surface area (Å²) in [7, 11) is 0. The summed E-state index contributed by atoms with van der Waals surface area (Å²) in [4.78, 5) is 17.3. The molecule has 0 aliphatic carbocycles. The number of carbonyl (C=O) groups is 1. The number of carbonyl (C=O) groups excluding carboxylic acids is 1. The van der Waals surface area contributed by atoms with E-state index in [1.165, 1.54) is 11.8 Å². The molecule has 0 aromatic heterocycles. The standard InChI is InChI=1S/C19H16Cl2N2O2S/c1-3-25-16-7-5-12(8-14(16)21)9-17-18(24)23-19(26-17)22-15-10-13(20)6-4-11(15)2/h4-10H,3H2,1-2H3,(H,22,23,24)/b17-9-. The molecule has 0 unspecified atom stereocenters. The minimum Gasteiger partial charge on any atom is -0.492 e. The predicted molar refractivity (Wildman–Crippen MR) is 110 cm³/mol. The number of thioether (sulfide) groups is 1. The molecule has 26 heavy (non-hydrogen) atoms. The minimum atomic E-state index is -0.196. The van der Waals surface area contributed by atoms with E-state index in [9.17, 15) is 4.79 Å². The first-order chi connectivity index (χ1) is 12.5. The van der Waals surface area contributed by atoms with Gasteiger partial charge in [0.2, 0.25) is 0 Å². The minimum absolute atomic E-state index is 0.196. The lowest BCUT2D eigenvalue weighted by atomic mass is 10.2. The Morgan fingerprint density at radius 3 is 2.77 bits per heavy atom. The zero-order valence-corrected chi connectivity index (χ0v) is 16.5. The summed E-state index contributed by atoms with van der Waals surface area (Å²) >= 11 is 13.5. The molecule has 0 spiro atoms. The first-order valence-corrected chi connectivity index (χ1v) is 9.51. The van der Waals surface area contributed by atoms with Gasteiger partial charge in [-0.1, -0.05) is 35.3 Å². The molecule has 1 saturated heterocycles. The van der Waals surface area contributed by atoms with Crippen molar-refractivity contribution in [2.45, 2.75) is 13.8 Å². The SMILES string of the molecule is CCOc1ccc(/C=C2\SC(=Nc3cc(Cl)ccc3C)NC2=O)cc1Cl. The van der Waals surface area contributed by atoms with E-state index >= 15 is 0 Å². The molecule has 1 N–H and O–H groups in total. The summed E-state index contributed by atoms with van der Waals surface area (Å²) < 4.78 is 5.42. The van der Waals surface area contributed by atoms with Gasteiger partial charge in [0, 0.05) is 5.02 Å². The number of rotatable bonds is 4. The third kappa shape index (κ3) is 4.41. The number of halogens is 2. The Balaban J connectivity index is 1.83. The van der Waals surface area contributed by atoms with E-state index in [0.717, 1.165) is 16.8 Å². The quantitative estimate of drug-likeness (QED) is 0.672. The van der Waals surface area contributed by atoms with Crippen molar-refractivity contribution >= 4 is 57.8 Å². The van der Waals surface area contributed by atoms with E-state index in [1.807, 2.05) is 32.0 Å². The second-order valence-corrected chi connectivity index (χ2v) is 7.41. The van der Waals surface area contributed by atoms with Gasteiger partial charge in [-0.2, -0.15) is 0 Å². The highest BCUT2D eigenvalue weighted by Gasteiger charge is 2.24. The van der Waals surface area contributed by atoms with Gasteiger partial charge in [0.1, 0.15) is 5.75 Å². The fourth-order valence-corrected chi connectivity index (χ4v) is 3.57. The van der Waals surface area contributed by atoms with Crippen LogP contribution in [0, 0.1) is 6.92 Å². The molecule has 134 valence electrons. The molecule has 1 aliphatic heterocycles. The summed E-state index contributed by atoms with van der Waals surface area (Å²) in [6, 6.07) is 10.9. The molecule has 0 saturated carbocycles. The molecular weight excluding hydrogens is 391 g/mol. The number of amidine groups is 1. The van der Waals surface area contributed by atoms with Crippen LogP contribution >= 0.6 is 35.0 Å². The predicted octanol–water partition coefficient (Wildman–Crippen LogP) is 5.59. The maximum absolute atomic E-state index is 12.2. The van der Waals surface area contributed by atoms with Crippen LogP contribution < -0.4 is 10.1 Å². The summed E-state index contributed by atoms with van der Waals surface area (Å²) in [6.45, 7) is 4.38. The molecule has 2 aromatic carbocycles. The molecule has 1 amide bonds. The molecule has 1 aliphatic rings. The maximum atomic E-state index is 12.2. The van der Waals surface area contributed by atoms with Gasteiger partial charge in [-0.15, -0.1) is 0 Å². The fourth-order valence-electron chi connectivity index (χ4n) is 2.32. The van der Waals surface area contributed by atoms with Crippen molar-refractivity contribution in [1.82, 2.24) is 5.32 Å². The van der Waals surface area contributed by atoms with Crippen molar-refractivity contribution in [3.63, 3.8) is 0 Å². The van der Waals surface area contributed by atoms with Crippen LogP contribution in [0.2, 0.25) is 10.0 Å². The average molecular weight is 407 g/mol. The van der Waals surface area contributed by atoms with Crippen LogP contribution in [0.1, 0.15) is 18.1 Å². The number of hydrogen-bond donors (Lipinski definition) is 1. The molecule has 1 fully saturated rings. The zero-order valence-electron chi connectivity index (χ0n) is 14.2. The van der Waals surface area contributed by atoms with Crippen molar-refractivity contribution < 1.29 is 9.53 Å². The van der Waals surface area contributed by atoms with E-state index in [-0.39, 0.29) is 5.91 Å². The van der Waals surface area contributed by atoms with Gasteiger partial charge in [-0.05, 0) is 67.1 Å². The number of aliphatic imine (C=N–C) groups is 1. The lowest BCUT2D eigenvalue weighted by Crippen LogP contribution is -2.19. The second-order valence-electron chi connectivity index (χ2n) is 5.54. The third-order valence-electron chi connectivity index (χ3n) is 3.60. The Hall–Kier alpha value is -1.95. The van der Waals surface area contributed by atoms with Crippen LogP contribution in [0.4, 0.5) is 5.69 Å². The summed E-state index contributed by atoms with van der Waals surface area (Å²) in [5.74, 6) is 0.428. The highest BCUT2D eigenvalue weighted by molar-refractivity contribution is 8.18. The van der Waals surface area contributed by atoms with Crippen LogP contribution in [0.5, 0.6) is 5.75 Å². The Bertz CT molecular complexity index is 926. The Morgan fingerprint density at radius 2 is 2.04 bits per heavy atom. The van der Waals surface area contributed by atoms with E-state index in [4.69, 9.17) is 27.9 Å². The van der Waals surface area contributed by atoms with Gasteiger partial charge in [-0.3, -0.25) is 4.79 Å². The highest BCUT2D eigenvalue weighted by atomic mass is 35.5. The topological polar surface area (TPSA) is 50.7 Å². The lowest BCUT2D eigenvalue weighted by molar-refractivity contribution is -0.115. The van der Waals surface area contributed by atoms with Crippen LogP contribution in [-0.4, -0.2) is 17.7 Å². The Morgan fingerprint density at radius 1 is 1.23 bits per heavy atom. The van der Waals surface area contributed by atoms with Crippen molar-refractivity contribution in [3.05, 3.63) is 62.5 Å². The molecule has 0 radical (unpaired) electrons. The number of ether oxygens (including phenoxy) is 1. The molecule has 7 heteroatoms. The van der Waals surface area contributed by atoms with Crippen LogP contribution in [0.15, 0.2) is 46.3 Å². The van der Waals surface area contributed by atoms with Crippen molar-refractivity contribution in [1.29, 1.82) is 0 Å². The normalized spacial score (nSPS) is 17.0. The van der Waals surface area contributed by atoms with Crippen LogP contribution in [-0.2, 0) is 4.79 Å². The molecule has 1 heterocycles. The summed E-state index contributed by atoms with van der Waals surface area (Å²) in [5, 5.41) is 4.40. The molecule has 4 nitrogen and oxygen atoms in total. The van der Waals surface area contributed by atoms with Crippen molar-refractivity contribution in [2.24, 2.45) is 4.99 Å². The van der Waals surface area contributed by atoms with E-state index in [0.29, 0.717) is 32.5 Å². The number of hydrogen-bond acceptors (Lipinski definition) is 4. The van der Waals surface area contributed by atoms with Gasteiger partial charge in [-0.25, -0.2) is 4.99 Å². The number of amides is 1. The number of nitrogens with zero attached hydrogens (tertiary/aromatic N) is 1. The lowest BCUT2D eigenvalue weighted by Gasteiger charge is -2.05. The van der Waals surface area contributed by atoms with E-state index < -0.39 is 0 Å². The van der Waals surface area contributed by atoms with Crippen molar-refractivity contribution in [3.8, 4) is 5.75 Å². The number of nitrogens with one attached hydrogen (secondary N) is 1. The maximum Gasteiger partial charge on any atom is 0.264 e. The molecule has 2 aromatic rings. The van der Waals surface area contributed by atoms with Gasteiger partial charge in [0.15, 0.2) is 5.17 Å². The van der Waals surface area contributed by atoms with Gasteiger partial charge in [0.25, 0.3) is 5.91 Å². The number of aryl methyl sites for hydroxylation is 1. The first-order valence-electron chi connectivity index (χ1n) is 7.94. The second kappa shape index (κ2) is 8.16. The van der Waals surface area contributed by atoms with Gasteiger partial charge < -0.3 is 10.1 Å². The summed E-state index contributed by atoms with van der Waals surface area (Å²) in [6.07, 6.45) is 1.77. The zero-order chi connectivity index (χ0) is 18.7. The van der Waals surface area contributed by atoms with E-state index in [1.54, 1.807) is 24.3 Å². The average Bonchev–Trinajstić information content (AvgIpc) is 2.93.